The molecule has 78 valence electrons. The predicted molar refractivity (Wildman–Crippen MR) is 61.2 cm³/mol. The SMILES string of the molecule is COc1cccc2c(Cl)nc(CN)cc12. The summed E-state index contributed by atoms with van der Waals surface area (Å²) >= 11 is 6.05. The standard InChI is InChI=1S/C11H11ClN2O/c1-15-10-4-2-3-8-9(10)5-7(6-13)14-11(8)12/h2-5H,6,13H2,1H3. The molecule has 0 amide bonds. The van der Waals surface area contributed by atoms with Crippen molar-refractivity contribution in [3.8, 4) is 5.75 Å². The normalized spacial score (nSPS) is 10.6. The van der Waals surface area contributed by atoms with Gasteiger partial charge < -0.3 is 10.5 Å². The van der Waals surface area contributed by atoms with Crippen LogP contribution in [0, 0.1) is 0 Å². The highest BCUT2D eigenvalue weighted by atomic mass is 35.5. The molecule has 0 bridgehead atoms. The van der Waals surface area contributed by atoms with Gasteiger partial charge in [-0.3, -0.25) is 0 Å². The maximum absolute atomic E-state index is 6.05. The molecule has 2 aromatic rings. The molecule has 0 spiro atoms. The molecule has 1 aromatic heterocycles. The smallest absolute Gasteiger partial charge is 0.137 e. The zero-order chi connectivity index (χ0) is 10.8. The number of fused-ring (bicyclic) bond motifs is 1. The molecule has 1 aromatic carbocycles. The molecular formula is C11H11ClN2O. The highest BCUT2D eigenvalue weighted by Gasteiger charge is 2.07. The van der Waals surface area contributed by atoms with E-state index < -0.39 is 0 Å². The van der Waals surface area contributed by atoms with Gasteiger partial charge in [0.05, 0.1) is 12.8 Å². The molecule has 0 fully saturated rings. The van der Waals surface area contributed by atoms with Gasteiger partial charge in [0.25, 0.3) is 0 Å². The van der Waals surface area contributed by atoms with Gasteiger partial charge >= 0.3 is 0 Å². The van der Waals surface area contributed by atoms with Crippen LogP contribution < -0.4 is 10.5 Å². The first-order chi connectivity index (χ1) is 7.26. The van der Waals surface area contributed by atoms with Crippen LogP contribution in [0.25, 0.3) is 10.8 Å². The zero-order valence-electron chi connectivity index (χ0n) is 8.33. The van der Waals surface area contributed by atoms with Crippen molar-refractivity contribution in [2.75, 3.05) is 7.11 Å². The molecule has 0 saturated heterocycles. The van der Waals surface area contributed by atoms with E-state index in [2.05, 4.69) is 4.98 Å². The molecule has 2 N–H and O–H groups in total. The number of hydrogen-bond acceptors (Lipinski definition) is 3. The second-order valence-corrected chi connectivity index (χ2v) is 3.52. The van der Waals surface area contributed by atoms with Gasteiger partial charge in [0.15, 0.2) is 0 Å². The van der Waals surface area contributed by atoms with E-state index in [4.69, 9.17) is 22.1 Å². The first-order valence-corrected chi connectivity index (χ1v) is 4.96. The second-order valence-electron chi connectivity index (χ2n) is 3.16. The van der Waals surface area contributed by atoms with Crippen LogP contribution in [0.2, 0.25) is 5.15 Å². The fourth-order valence-corrected chi connectivity index (χ4v) is 1.81. The Morgan fingerprint density at radius 3 is 2.87 bits per heavy atom. The van der Waals surface area contributed by atoms with E-state index in [1.165, 1.54) is 0 Å². The number of halogens is 1. The van der Waals surface area contributed by atoms with Gasteiger partial charge in [-0.2, -0.15) is 0 Å². The van der Waals surface area contributed by atoms with Crippen molar-refractivity contribution < 1.29 is 4.74 Å². The van der Waals surface area contributed by atoms with Gasteiger partial charge in [0, 0.05) is 17.3 Å². The molecule has 0 aliphatic heterocycles. The third kappa shape index (κ3) is 1.76. The molecule has 3 nitrogen and oxygen atoms in total. The second kappa shape index (κ2) is 4.04. The van der Waals surface area contributed by atoms with E-state index in [9.17, 15) is 0 Å². The molecular weight excluding hydrogens is 212 g/mol. The predicted octanol–water partition coefficient (Wildman–Crippen LogP) is 2.36. The summed E-state index contributed by atoms with van der Waals surface area (Å²) in [6.07, 6.45) is 0. The lowest BCUT2D eigenvalue weighted by Crippen LogP contribution is -2.00. The highest BCUT2D eigenvalue weighted by molar-refractivity contribution is 6.34. The molecule has 1 heterocycles. The molecule has 4 heteroatoms. The lowest BCUT2D eigenvalue weighted by molar-refractivity contribution is 0.420. The summed E-state index contributed by atoms with van der Waals surface area (Å²) in [5, 5.41) is 2.29. The molecule has 0 atom stereocenters. The number of pyridine rings is 1. The average Bonchev–Trinajstić information content (AvgIpc) is 2.28. The van der Waals surface area contributed by atoms with Gasteiger partial charge in [-0.05, 0) is 12.1 Å². The van der Waals surface area contributed by atoms with Crippen molar-refractivity contribution >= 4 is 22.4 Å². The van der Waals surface area contributed by atoms with Crippen LogP contribution in [-0.2, 0) is 6.54 Å². The Balaban J connectivity index is 2.79. The Bertz CT molecular complexity index is 499. The number of methoxy groups -OCH3 is 1. The minimum absolute atomic E-state index is 0.369. The third-order valence-electron chi connectivity index (χ3n) is 2.27. The van der Waals surface area contributed by atoms with E-state index >= 15 is 0 Å². The monoisotopic (exact) mass is 222 g/mol. The lowest BCUT2D eigenvalue weighted by Gasteiger charge is -2.07. The Hall–Kier alpha value is -1.32. The number of hydrogen-bond donors (Lipinski definition) is 1. The molecule has 0 unspecified atom stereocenters. The van der Waals surface area contributed by atoms with E-state index in [-0.39, 0.29) is 0 Å². The summed E-state index contributed by atoms with van der Waals surface area (Å²) in [4.78, 5) is 4.18. The topological polar surface area (TPSA) is 48.1 Å². The van der Waals surface area contributed by atoms with E-state index in [1.54, 1.807) is 7.11 Å². The zero-order valence-corrected chi connectivity index (χ0v) is 9.08. The number of nitrogens with zero attached hydrogens (tertiary/aromatic N) is 1. The minimum atomic E-state index is 0.369. The van der Waals surface area contributed by atoms with Crippen LogP contribution in [0.3, 0.4) is 0 Å². The van der Waals surface area contributed by atoms with Crippen LogP contribution in [0.1, 0.15) is 5.69 Å². The molecule has 15 heavy (non-hydrogen) atoms. The van der Waals surface area contributed by atoms with Gasteiger partial charge in [-0.15, -0.1) is 0 Å². The first-order valence-electron chi connectivity index (χ1n) is 4.58. The number of rotatable bonds is 2. The van der Waals surface area contributed by atoms with E-state index in [0.29, 0.717) is 11.7 Å². The van der Waals surface area contributed by atoms with E-state index in [1.807, 2.05) is 24.3 Å². The Morgan fingerprint density at radius 2 is 2.20 bits per heavy atom. The molecule has 0 radical (unpaired) electrons. The van der Waals surface area contributed by atoms with Crippen molar-refractivity contribution in [2.45, 2.75) is 6.54 Å². The fourth-order valence-electron chi connectivity index (χ4n) is 1.54. The Labute approximate surface area is 92.8 Å². The van der Waals surface area contributed by atoms with Gasteiger partial charge in [-0.1, -0.05) is 23.7 Å². The van der Waals surface area contributed by atoms with Crippen LogP contribution in [0.4, 0.5) is 0 Å². The minimum Gasteiger partial charge on any atom is -0.496 e. The summed E-state index contributed by atoms with van der Waals surface area (Å²) in [5.74, 6) is 0.784. The number of aromatic nitrogens is 1. The quantitative estimate of drug-likeness (QED) is 0.794. The van der Waals surface area contributed by atoms with Crippen molar-refractivity contribution in [3.05, 3.63) is 35.1 Å². The maximum Gasteiger partial charge on any atom is 0.137 e. The molecule has 0 saturated carbocycles. The maximum atomic E-state index is 6.05. The van der Waals surface area contributed by atoms with Crippen LogP contribution in [-0.4, -0.2) is 12.1 Å². The first kappa shape index (κ1) is 10.2. The van der Waals surface area contributed by atoms with Crippen LogP contribution in [0.15, 0.2) is 24.3 Å². The summed E-state index contributed by atoms with van der Waals surface area (Å²) < 4.78 is 5.25. The summed E-state index contributed by atoms with van der Waals surface area (Å²) in [5.41, 5.74) is 6.30. The van der Waals surface area contributed by atoms with Crippen molar-refractivity contribution in [1.82, 2.24) is 4.98 Å². The van der Waals surface area contributed by atoms with Crippen molar-refractivity contribution in [2.24, 2.45) is 5.73 Å². The average molecular weight is 223 g/mol. The number of benzene rings is 1. The number of ether oxygens (including phenoxy) is 1. The third-order valence-corrected chi connectivity index (χ3v) is 2.56. The Kier molecular flexibility index (Phi) is 2.75. The fraction of sp³-hybridized carbons (Fsp3) is 0.182. The van der Waals surface area contributed by atoms with Crippen LogP contribution in [0.5, 0.6) is 5.75 Å². The largest absolute Gasteiger partial charge is 0.496 e. The van der Waals surface area contributed by atoms with Gasteiger partial charge in [-0.25, -0.2) is 4.98 Å². The van der Waals surface area contributed by atoms with Crippen molar-refractivity contribution in [3.63, 3.8) is 0 Å². The van der Waals surface area contributed by atoms with Crippen molar-refractivity contribution in [1.29, 1.82) is 0 Å². The van der Waals surface area contributed by atoms with Gasteiger partial charge in [0.2, 0.25) is 0 Å². The Morgan fingerprint density at radius 1 is 1.40 bits per heavy atom. The lowest BCUT2D eigenvalue weighted by atomic mass is 10.1. The summed E-state index contributed by atoms with van der Waals surface area (Å²) in [7, 11) is 1.63. The van der Waals surface area contributed by atoms with Crippen LogP contribution >= 0.6 is 11.6 Å². The van der Waals surface area contributed by atoms with E-state index in [0.717, 1.165) is 22.2 Å². The molecule has 0 aliphatic carbocycles. The molecule has 0 aliphatic rings. The molecule has 2 rings (SSSR count). The highest BCUT2D eigenvalue weighted by Crippen LogP contribution is 2.29. The van der Waals surface area contributed by atoms with Gasteiger partial charge in [0.1, 0.15) is 10.9 Å². The summed E-state index contributed by atoms with van der Waals surface area (Å²) in [6.45, 7) is 0.369. The number of nitrogens with two attached hydrogens (primary N) is 1. The summed E-state index contributed by atoms with van der Waals surface area (Å²) in [6, 6.07) is 7.59.